The van der Waals surface area contributed by atoms with E-state index in [1.54, 1.807) is 0 Å². The summed E-state index contributed by atoms with van der Waals surface area (Å²) < 4.78 is 22.7. The van der Waals surface area contributed by atoms with E-state index in [9.17, 15) is 13.2 Å². The second-order valence-electron chi connectivity index (χ2n) is 5.54. The number of nitrogens with one attached hydrogen (secondary N) is 2. The van der Waals surface area contributed by atoms with E-state index in [0.717, 1.165) is 16.5 Å². The molecule has 0 aliphatic carbocycles. The van der Waals surface area contributed by atoms with Crippen molar-refractivity contribution >= 4 is 15.7 Å². The number of amides is 1. The van der Waals surface area contributed by atoms with Gasteiger partial charge in [-0.3, -0.25) is 9.89 Å². The molecule has 1 atom stereocenters. The zero-order valence-electron chi connectivity index (χ0n) is 12.7. The Morgan fingerprint density at radius 1 is 1.30 bits per heavy atom. The maximum Gasteiger partial charge on any atom is 0.291 e. The highest BCUT2D eigenvalue weighted by Crippen LogP contribution is 2.18. The molecule has 0 radical (unpaired) electrons. The van der Waals surface area contributed by atoms with Crippen LogP contribution in [0.1, 0.15) is 21.7 Å². The van der Waals surface area contributed by atoms with Crippen molar-refractivity contribution in [3.05, 3.63) is 46.6 Å². The number of H-pyrrole nitrogens is 1. The van der Waals surface area contributed by atoms with Crippen LogP contribution in [0.3, 0.4) is 0 Å². The Bertz CT molecular complexity index is 899. The lowest BCUT2D eigenvalue weighted by molar-refractivity contribution is 0.0937. The van der Waals surface area contributed by atoms with E-state index in [1.165, 1.54) is 11.6 Å². The van der Waals surface area contributed by atoms with Gasteiger partial charge in [0, 0.05) is 11.0 Å². The third-order valence-corrected chi connectivity index (χ3v) is 5.11. The summed E-state index contributed by atoms with van der Waals surface area (Å²) in [7, 11) is -3.21. The minimum absolute atomic E-state index is 0.0177. The van der Waals surface area contributed by atoms with Gasteiger partial charge in [-0.15, -0.1) is 5.10 Å². The lowest BCUT2D eigenvalue weighted by Gasteiger charge is -2.07. The van der Waals surface area contributed by atoms with Crippen molar-refractivity contribution in [1.29, 1.82) is 0 Å². The summed E-state index contributed by atoms with van der Waals surface area (Å²) in [5.41, 5.74) is 3.12. The van der Waals surface area contributed by atoms with Crippen molar-refractivity contribution in [2.75, 3.05) is 5.75 Å². The van der Waals surface area contributed by atoms with Crippen LogP contribution in [0, 0.1) is 13.8 Å². The summed E-state index contributed by atoms with van der Waals surface area (Å²) in [6, 6.07) is 5.29. The first kappa shape index (κ1) is 15.4. The Balaban J connectivity index is 1.75. The Kier molecular flexibility index (Phi) is 3.77. The van der Waals surface area contributed by atoms with E-state index in [2.05, 4.69) is 20.5 Å². The van der Waals surface area contributed by atoms with Gasteiger partial charge in [0.2, 0.25) is 5.82 Å². The highest BCUT2D eigenvalue weighted by molar-refractivity contribution is 7.94. The van der Waals surface area contributed by atoms with E-state index in [4.69, 9.17) is 0 Å². The fraction of sp³-hybridized carbons (Fsp3) is 0.267. The van der Waals surface area contributed by atoms with E-state index < -0.39 is 21.8 Å². The molecular formula is C15H16N4O3S. The highest BCUT2D eigenvalue weighted by Gasteiger charge is 2.24. The molecule has 23 heavy (non-hydrogen) atoms. The standard InChI is InChI=1S/C15H16N4O3S/c1-9-3-4-11(7-10(9)2)13-17-14(19-18-13)15(20)16-12-5-6-23(21,22)8-12/h3-7,12H,8H2,1-2H3,(H,16,20)(H,17,18,19). The zero-order chi connectivity index (χ0) is 16.6. The van der Waals surface area contributed by atoms with Crippen LogP contribution in [0.5, 0.6) is 0 Å². The average molecular weight is 332 g/mol. The number of hydrogen-bond donors (Lipinski definition) is 2. The predicted molar refractivity (Wildman–Crippen MR) is 85.5 cm³/mol. The van der Waals surface area contributed by atoms with Gasteiger partial charge in [-0.2, -0.15) is 0 Å². The number of rotatable bonds is 3. The number of benzene rings is 1. The summed E-state index contributed by atoms with van der Waals surface area (Å²) in [5, 5.41) is 10.3. The maximum absolute atomic E-state index is 12.1. The average Bonchev–Trinajstić information content (AvgIpc) is 3.09. The molecule has 1 aromatic heterocycles. The molecule has 1 aliphatic heterocycles. The van der Waals surface area contributed by atoms with Crippen LogP contribution in [-0.2, 0) is 9.84 Å². The molecule has 3 rings (SSSR count). The molecule has 2 aromatic rings. The summed E-state index contributed by atoms with van der Waals surface area (Å²) in [6.07, 6.45) is 1.45. The van der Waals surface area contributed by atoms with Crippen LogP contribution < -0.4 is 5.32 Å². The molecule has 1 unspecified atom stereocenters. The van der Waals surface area contributed by atoms with Crippen molar-refractivity contribution in [3.8, 4) is 11.4 Å². The molecule has 120 valence electrons. The maximum atomic E-state index is 12.1. The fourth-order valence-corrected chi connectivity index (χ4v) is 3.52. The van der Waals surface area contributed by atoms with Crippen LogP contribution in [0.15, 0.2) is 29.7 Å². The topological polar surface area (TPSA) is 105 Å². The Morgan fingerprint density at radius 3 is 2.74 bits per heavy atom. The molecule has 0 bridgehead atoms. The molecular weight excluding hydrogens is 316 g/mol. The smallest absolute Gasteiger partial charge is 0.291 e. The predicted octanol–water partition coefficient (Wildman–Crippen LogP) is 1.13. The number of nitrogens with zero attached hydrogens (tertiary/aromatic N) is 2. The van der Waals surface area contributed by atoms with Gasteiger partial charge in [-0.05, 0) is 37.1 Å². The zero-order valence-corrected chi connectivity index (χ0v) is 13.5. The number of aromatic amines is 1. The minimum atomic E-state index is -3.21. The monoisotopic (exact) mass is 332 g/mol. The molecule has 2 heterocycles. The number of sulfone groups is 1. The number of carbonyl (C=O) groups excluding carboxylic acids is 1. The van der Waals surface area contributed by atoms with Crippen molar-refractivity contribution < 1.29 is 13.2 Å². The first-order valence-electron chi connectivity index (χ1n) is 7.06. The molecule has 0 spiro atoms. The van der Waals surface area contributed by atoms with Crippen LogP contribution >= 0.6 is 0 Å². The summed E-state index contributed by atoms with van der Waals surface area (Å²) in [5.74, 6) is -0.167. The van der Waals surface area contributed by atoms with Gasteiger partial charge < -0.3 is 5.32 Å². The second-order valence-corrected chi connectivity index (χ2v) is 7.48. The van der Waals surface area contributed by atoms with Gasteiger partial charge in [0.25, 0.3) is 5.91 Å². The normalized spacial score (nSPS) is 19.0. The van der Waals surface area contributed by atoms with Gasteiger partial charge in [-0.1, -0.05) is 12.1 Å². The molecule has 2 N–H and O–H groups in total. The van der Waals surface area contributed by atoms with E-state index in [0.29, 0.717) is 5.82 Å². The van der Waals surface area contributed by atoms with Gasteiger partial charge in [0.15, 0.2) is 15.7 Å². The molecule has 7 nitrogen and oxygen atoms in total. The number of hydrogen-bond acceptors (Lipinski definition) is 5. The van der Waals surface area contributed by atoms with Crippen molar-refractivity contribution in [3.63, 3.8) is 0 Å². The van der Waals surface area contributed by atoms with E-state index >= 15 is 0 Å². The third kappa shape index (κ3) is 3.31. The van der Waals surface area contributed by atoms with Gasteiger partial charge >= 0.3 is 0 Å². The van der Waals surface area contributed by atoms with E-state index in [1.807, 2.05) is 32.0 Å². The fourth-order valence-electron chi connectivity index (χ4n) is 2.28. The lowest BCUT2D eigenvalue weighted by Crippen LogP contribution is -2.36. The number of aromatic nitrogens is 3. The molecule has 8 heteroatoms. The Morgan fingerprint density at radius 2 is 2.09 bits per heavy atom. The van der Waals surface area contributed by atoms with Crippen LogP contribution in [-0.4, -0.2) is 41.3 Å². The van der Waals surface area contributed by atoms with Crippen molar-refractivity contribution in [2.45, 2.75) is 19.9 Å². The van der Waals surface area contributed by atoms with Crippen molar-refractivity contribution in [1.82, 2.24) is 20.5 Å². The molecule has 0 saturated carbocycles. The largest absolute Gasteiger partial charge is 0.342 e. The molecule has 0 saturated heterocycles. The van der Waals surface area contributed by atoms with Gasteiger partial charge in [0.1, 0.15) is 0 Å². The van der Waals surface area contributed by atoms with Crippen LogP contribution in [0.2, 0.25) is 0 Å². The summed E-state index contributed by atoms with van der Waals surface area (Å²) in [6.45, 7) is 4.01. The van der Waals surface area contributed by atoms with E-state index in [-0.39, 0.29) is 11.6 Å². The molecule has 1 aromatic carbocycles. The van der Waals surface area contributed by atoms with Gasteiger partial charge in [0.05, 0.1) is 11.8 Å². The van der Waals surface area contributed by atoms with Gasteiger partial charge in [-0.25, -0.2) is 13.4 Å². The first-order valence-corrected chi connectivity index (χ1v) is 8.77. The third-order valence-electron chi connectivity index (χ3n) is 3.72. The van der Waals surface area contributed by atoms with Crippen molar-refractivity contribution in [2.24, 2.45) is 0 Å². The SMILES string of the molecule is Cc1ccc(-c2nc(C(=O)NC3C=CS(=O)(=O)C3)n[nH]2)cc1C. The Labute approximate surface area is 133 Å². The second kappa shape index (κ2) is 5.62. The lowest BCUT2D eigenvalue weighted by atomic mass is 10.1. The van der Waals surface area contributed by atoms with Crippen LogP contribution in [0.4, 0.5) is 0 Å². The minimum Gasteiger partial charge on any atom is -0.342 e. The quantitative estimate of drug-likeness (QED) is 0.876. The highest BCUT2D eigenvalue weighted by atomic mass is 32.2. The molecule has 1 amide bonds. The van der Waals surface area contributed by atoms with Crippen LogP contribution in [0.25, 0.3) is 11.4 Å². The summed E-state index contributed by atoms with van der Waals surface area (Å²) in [4.78, 5) is 16.3. The Hall–Kier alpha value is -2.48. The first-order chi connectivity index (χ1) is 10.8. The molecule has 1 aliphatic rings. The number of aryl methyl sites for hydroxylation is 2. The number of carbonyl (C=O) groups is 1. The summed E-state index contributed by atoms with van der Waals surface area (Å²) >= 11 is 0. The molecule has 0 fully saturated rings.